The highest BCUT2D eigenvalue weighted by atomic mass is 16.2. The second kappa shape index (κ2) is 18.0. The van der Waals surface area contributed by atoms with Gasteiger partial charge in [0.2, 0.25) is 35.4 Å². The quantitative estimate of drug-likeness (QED) is 0.211. The predicted octanol–water partition coefficient (Wildman–Crippen LogP) is 2.45. The molecule has 1 aromatic carbocycles. The number of benzene rings is 1. The first-order chi connectivity index (χ1) is 23.5. The van der Waals surface area contributed by atoms with Gasteiger partial charge in [0.1, 0.15) is 36.3 Å². The Morgan fingerprint density at radius 3 is 1.66 bits per heavy atom. The number of hydrogen-bond donors (Lipinski definition) is 7. The maximum atomic E-state index is 14.1. The molecule has 13 nitrogen and oxygen atoms in total. The zero-order valence-electron chi connectivity index (χ0n) is 30.9. The number of aromatic nitrogens is 1. The Hall–Kier alpha value is -4.42. The molecule has 0 radical (unpaired) electrons. The molecule has 7 atom stereocenters. The summed E-state index contributed by atoms with van der Waals surface area (Å²) in [6, 6.07) is 1.35. The number of nitrogens with one attached hydrogen (secondary N) is 7. The molecule has 1 aromatic heterocycles. The maximum Gasteiger partial charge on any atom is 0.243 e. The number of para-hydroxylation sites is 1. The summed E-state index contributed by atoms with van der Waals surface area (Å²) in [6.07, 6.45) is 2.96. The van der Waals surface area contributed by atoms with Crippen molar-refractivity contribution in [2.75, 3.05) is 0 Å². The van der Waals surface area contributed by atoms with Gasteiger partial charge in [-0.15, -0.1) is 0 Å². The van der Waals surface area contributed by atoms with Gasteiger partial charge in [0.15, 0.2) is 0 Å². The molecule has 0 saturated carbocycles. The van der Waals surface area contributed by atoms with Gasteiger partial charge in [-0.2, -0.15) is 0 Å². The van der Waals surface area contributed by atoms with E-state index in [4.69, 9.17) is 0 Å². The van der Waals surface area contributed by atoms with Crippen LogP contribution in [0.1, 0.15) is 87.1 Å². The number of aromatic amines is 1. The van der Waals surface area contributed by atoms with Crippen LogP contribution >= 0.6 is 0 Å². The van der Waals surface area contributed by atoms with Gasteiger partial charge in [-0.05, 0) is 55.1 Å². The van der Waals surface area contributed by atoms with Crippen molar-refractivity contribution in [3.05, 3.63) is 36.0 Å². The summed E-state index contributed by atoms with van der Waals surface area (Å²) < 4.78 is 0. The van der Waals surface area contributed by atoms with E-state index in [2.05, 4.69) is 36.9 Å². The summed E-state index contributed by atoms with van der Waals surface area (Å²) in [7, 11) is 0. The van der Waals surface area contributed by atoms with Gasteiger partial charge in [0.25, 0.3) is 0 Å². The monoisotopic (exact) mass is 695 g/mol. The standard InChI is InChI=1S/C37H57N7O6/c1-10-22(8)31-37(50)39-23(9)32(45)40-29(17-24-18-38-26-14-12-11-13-25(24)26)34(47)41-27(15-19(2)3)33(46)42-28(16-20(4)5)35(48)43-30(21(6)7)36(49)44-31/h11-14,18-23,27-31,38H,10,15-17H2,1-9H3,(H,39,50)(H,40,45)(H,41,47)(H,42,46)(H,43,48)(H,44,49)/t22?,23-,27+,28-,29+,30+,31-/m1/s1. The van der Waals surface area contributed by atoms with Gasteiger partial charge in [-0.25, -0.2) is 0 Å². The minimum absolute atomic E-state index is 0.00427. The Kier molecular flexibility index (Phi) is 14.4. The van der Waals surface area contributed by atoms with E-state index in [9.17, 15) is 28.8 Å². The fraction of sp³-hybridized carbons (Fsp3) is 0.622. The topological polar surface area (TPSA) is 190 Å². The first-order valence-electron chi connectivity index (χ1n) is 17.9. The number of carbonyl (C=O) groups is 6. The normalized spacial score (nSPS) is 25.7. The molecule has 1 fully saturated rings. The van der Waals surface area contributed by atoms with Gasteiger partial charge in [0, 0.05) is 23.5 Å². The second-order valence-electron chi connectivity index (χ2n) is 14.8. The van der Waals surface area contributed by atoms with Crippen molar-refractivity contribution in [3.8, 4) is 0 Å². The Morgan fingerprint density at radius 1 is 0.600 bits per heavy atom. The molecule has 1 aliphatic rings. The molecular formula is C37H57N7O6. The lowest BCUT2D eigenvalue weighted by atomic mass is 9.95. The van der Waals surface area contributed by atoms with Crippen molar-refractivity contribution in [2.24, 2.45) is 23.7 Å². The molecule has 1 aliphatic heterocycles. The predicted molar refractivity (Wildman–Crippen MR) is 192 cm³/mol. The minimum Gasteiger partial charge on any atom is -0.361 e. The van der Waals surface area contributed by atoms with E-state index in [1.54, 1.807) is 20.0 Å². The molecular weight excluding hydrogens is 638 g/mol. The summed E-state index contributed by atoms with van der Waals surface area (Å²) >= 11 is 0. The fourth-order valence-corrected chi connectivity index (χ4v) is 6.08. The average Bonchev–Trinajstić information content (AvgIpc) is 3.45. The summed E-state index contributed by atoms with van der Waals surface area (Å²) in [5.74, 6) is -4.07. The molecule has 3 rings (SSSR count). The Bertz CT molecular complexity index is 1520. The van der Waals surface area contributed by atoms with Crippen LogP contribution in [0.25, 0.3) is 10.9 Å². The molecule has 276 valence electrons. The molecule has 0 aliphatic carbocycles. The Balaban J connectivity index is 2.08. The zero-order chi connectivity index (χ0) is 37.3. The van der Waals surface area contributed by atoms with E-state index in [0.29, 0.717) is 6.42 Å². The largest absolute Gasteiger partial charge is 0.361 e. The lowest BCUT2D eigenvalue weighted by molar-refractivity contribution is -0.137. The van der Waals surface area contributed by atoms with Crippen LogP contribution < -0.4 is 31.9 Å². The van der Waals surface area contributed by atoms with Crippen LogP contribution in [0.4, 0.5) is 0 Å². The van der Waals surface area contributed by atoms with Crippen LogP contribution in [0.3, 0.4) is 0 Å². The number of amides is 6. The number of rotatable bonds is 9. The highest BCUT2D eigenvalue weighted by molar-refractivity contribution is 5.98. The zero-order valence-corrected chi connectivity index (χ0v) is 30.9. The summed E-state index contributed by atoms with van der Waals surface area (Å²) in [4.78, 5) is 85.8. The van der Waals surface area contributed by atoms with Crippen LogP contribution in [-0.2, 0) is 35.2 Å². The van der Waals surface area contributed by atoms with Crippen molar-refractivity contribution in [3.63, 3.8) is 0 Å². The van der Waals surface area contributed by atoms with Crippen molar-refractivity contribution < 1.29 is 28.8 Å². The second-order valence-corrected chi connectivity index (χ2v) is 14.8. The SMILES string of the molecule is CCC(C)[C@H]1NC(=O)[C@H](C(C)C)NC(=O)[C@@H](CC(C)C)NC(=O)[C@H](CC(C)C)NC(=O)[C@H](Cc2c[nH]c3ccccc23)NC(=O)[C@@H](C)NC1=O. The van der Waals surface area contributed by atoms with E-state index >= 15 is 0 Å². The molecule has 1 saturated heterocycles. The summed E-state index contributed by atoms with van der Waals surface area (Å²) in [5, 5.41) is 17.7. The number of carbonyl (C=O) groups excluding carboxylic acids is 6. The minimum atomic E-state index is -1.12. The molecule has 0 bridgehead atoms. The Morgan fingerprint density at radius 2 is 1.10 bits per heavy atom. The number of fused-ring (bicyclic) bond motifs is 1. The summed E-state index contributed by atoms with van der Waals surface area (Å²) in [5.41, 5.74) is 1.64. The lowest BCUT2D eigenvalue weighted by Gasteiger charge is -2.31. The van der Waals surface area contributed by atoms with E-state index in [1.807, 2.05) is 65.8 Å². The first kappa shape index (κ1) is 40.0. The third-order valence-corrected chi connectivity index (χ3v) is 9.20. The first-order valence-corrected chi connectivity index (χ1v) is 17.9. The molecule has 13 heteroatoms. The van der Waals surface area contributed by atoms with Crippen molar-refractivity contribution in [1.29, 1.82) is 0 Å². The molecule has 6 amide bonds. The highest BCUT2D eigenvalue weighted by Gasteiger charge is 2.36. The molecule has 0 spiro atoms. The van der Waals surface area contributed by atoms with Crippen molar-refractivity contribution in [2.45, 2.75) is 124 Å². The van der Waals surface area contributed by atoms with Crippen LogP contribution in [0.5, 0.6) is 0 Å². The molecule has 50 heavy (non-hydrogen) atoms. The van der Waals surface area contributed by atoms with E-state index in [-0.39, 0.29) is 42.9 Å². The van der Waals surface area contributed by atoms with Gasteiger partial charge in [-0.3, -0.25) is 28.8 Å². The van der Waals surface area contributed by atoms with Gasteiger partial charge >= 0.3 is 0 Å². The van der Waals surface area contributed by atoms with Crippen LogP contribution in [-0.4, -0.2) is 76.7 Å². The third-order valence-electron chi connectivity index (χ3n) is 9.20. The highest BCUT2D eigenvalue weighted by Crippen LogP contribution is 2.20. The summed E-state index contributed by atoms with van der Waals surface area (Å²) in [6.45, 7) is 16.4. The van der Waals surface area contributed by atoms with Gasteiger partial charge in [0.05, 0.1) is 0 Å². The molecule has 1 unspecified atom stereocenters. The van der Waals surface area contributed by atoms with Gasteiger partial charge < -0.3 is 36.9 Å². The maximum absolute atomic E-state index is 14.1. The van der Waals surface area contributed by atoms with Crippen LogP contribution in [0.2, 0.25) is 0 Å². The van der Waals surface area contributed by atoms with E-state index < -0.39 is 71.7 Å². The van der Waals surface area contributed by atoms with Gasteiger partial charge in [-0.1, -0.05) is 80.0 Å². The van der Waals surface area contributed by atoms with E-state index in [0.717, 1.165) is 16.5 Å². The van der Waals surface area contributed by atoms with E-state index in [1.165, 1.54) is 6.92 Å². The van der Waals surface area contributed by atoms with Crippen LogP contribution in [0, 0.1) is 23.7 Å². The molecule has 7 N–H and O–H groups in total. The number of hydrogen-bond acceptors (Lipinski definition) is 6. The van der Waals surface area contributed by atoms with Crippen molar-refractivity contribution >= 4 is 46.3 Å². The molecule has 2 heterocycles. The smallest absolute Gasteiger partial charge is 0.243 e. The fourth-order valence-electron chi connectivity index (χ4n) is 6.08. The number of H-pyrrole nitrogens is 1. The van der Waals surface area contributed by atoms with Crippen LogP contribution in [0.15, 0.2) is 30.5 Å². The lowest BCUT2D eigenvalue weighted by Crippen LogP contribution is -2.62. The van der Waals surface area contributed by atoms with Crippen molar-refractivity contribution in [1.82, 2.24) is 36.9 Å². The molecule has 2 aromatic rings. The average molecular weight is 696 g/mol. The Labute approximate surface area is 295 Å². The third kappa shape index (κ3) is 10.8.